The Kier molecular flexibility index (Phi) is 4.15. The fourth-order valence-corrected chi connectivity index (χ4v) is 3.96. The maximum absolute atomic E-state index is 12.3. The molecule has 1 N–H and O–H groups in total. The number of nitrogens with zero attached hydrogens (tertiary/aromatic N) is 1. The van der Waals surface area contributed by atoms with Crippen molar-refractivity contribution in [3.8, 4) is 0 Å². The van der Waals surface area contributed by atoms with Crippen molar-refractivity contribution >= 4 is 29.2 Å². The quantitative estimate of drug-likeness (QED) is 0.860. The van der Waals surface area contributed by atoms with Crippen LogP contribution in [0.3, 0.4) is 0 Å². The zero-order chi connectivity index (χ0) is 15.7. The van der Waals surface area contributed by atoms with Crippen LogP contribution in [0.2, 0.25) is 0 Å². The van der Waals surface area contributed by atoms with Crippen molar-refractivity contribution in [3.05, 3.63) is 21.4 Å². The van der Waals surface area contributed by atoms with Crippen molar-refractivity contribution in [1.29, 1.82) is 0 Å². The van der Waals surface area contributed by atoms with E-state index in [4.69, 9.17) is 4.74 Å². The normalized spacial score (nSPS) is 18.6. The molecule has 1 aromatic heterocycles. The lowest BCUT2D eigenvalue weighted by molar-refractivity contribution is -0.136. The van der Waals surface area contributed by atoms with E-state index in [0.29, 0.717) is 18.7 Å². The van der Waals surface area contributed by atoms with E-state index in [0.717, 1.165) is 36.1 Å². The monoisotopic (exact) mass is 322 g/mol. The fraction of sp³-hybridized carbons (Fsp3) is 0.533. The number of esters is 1. The molecule has 1 aromatic rings. The molecule has 118 valence electrons. The number of hydrogen-bond donors (Lipinski definition) is 1. The molecule has 1 saturated heterocycles. The number of ether oxygens (including phenoxy) is 1. The second-order valence-electron chi connectivity index (χ2n) is 5.53. The van der Waals surface area contributed by atoms with Gasteiger partial charge in [0.15, 0.2) is 6.10 Å². The van der Waals surface area contributed by atoms with Gasteiger partial charge in [-0.15, -0.1) is 11.3 Å². The number of fused-ring (bicyclic) bond motifs is 1. The van der Waals surface area contributed by atoms with Gasteiger partial charge in [0, 0.05) is 23.3 Å². The summed E-state index contributed by atoms with van der Waals surface area (Å²) < 4.78 is 5.28. The van der Waals surface area contributed by atoms with Crippen molar-refractivity contribution in [2.24, 2.45) is 0 Å². The first-order chi connectivity index (χ1) is 10.6. The number of carbonyl (C=O) groups excluding carboxylic acids is 3. The summed E-state index contributed by atoms with van der Waals surface area (Å²) in [6.07, 6.45) is 3.17. The SMILES string of the molecule is C[C@@H](OC(=O)c1csc2c1CCCC2)C(=O)N1CCNC1=O. The van der Waals surface area contributed by atoms with Gasteiger partial charge in [-0.05, 0) is 38.2 Å². The smallest absolute Gasteiger partial charge is 0.340 e. The van der Waals surface area contributed by atoms with Gasteiger partial charge in [-0.1, -0.05) is 0 Å². The third-order valence-corrected chi connectivity index (χ3v) is 5.12. The highest BCUT2D eigenvalue weighted by Crippen LogP contribution is 2.30. The first-order valence-corrected chi connectivity index (χ1v) is 8.35. The molecule has 0 unspecified atom stereocenters. The standard InChI is InChI=1S/C15H18N2O4S/c1-9(13(18)17-7-6-16-15(17)20)21-14(19)11-8-22-12-5-3-2-4-10(11)12/h8-9H,2-7H2,1H3,(H,16,20)/t9-/m1/s1. The summed E-state index contributed by atoms with van der Waals surface area (Å²) >= 11 is 1.58. The molecular formula is C15H18N2O4S. The Morgan fingerprint density at radius 2 is 2.14 bits per heavy atom. The van der Waals surface area contributed by atoms with Crippen LogP contribution in [0.4, 0.5) is 4.79 Å². The number of thiophene rings is 1. The third kappa shape index (κ3) is 2.72. The van der Waals surface area contributed by atoms with Gasteiger partial charge in [-0.2, -0.15) is 0 Å². The Balaban J connectivity index is 1.67. The van der Waals surface area contributed by atoms with Gasteiger partial charge >= 0.3 is 12.0 Å². The van der Waals surface area contributed by atoms with Crippen molar-refractivity contribution in [2.75, 3.05) is 13.1 Å². The molecule has 1 atom stereocenters. The second kappa shape index (κ2) is 6.08. The van der Waals surface area contributed by atoms with E-state index >= 15 is 0 Å². The summed E-state index contributed by atoms with van der Waals surface area (Å²) in [5, 5.41) is 4.37. The van der Waals surface area contributed by atoms with Crippen LogP contribution in [0.5, 0.6) is 0 Å². The summed E-state index contributed by atoms with van der Waals surface area (Å²) in [5.41, 5.74) is 1.64. The van der Waals surface area contributed by atoms with Gasteiger partial charge in [0.25, 0.3) is 5.91 Å². The number of carbonyl (C=O) groups is 3. The first-order valence-electron chi connectivity index (χ1n) is 7.47. The summed E-state index contributed by atoms with van der Waals surface area (Å²) in [4.78, 5) is 38.3. The molecule has 3 rings (SSSR count). The van der Waals surface area contributed by atoms with Gasteiger partial charge in [0.1, 0.15) is 0 Å². The van der Waals surface area contributed by atoms with Gasteiger partial charge in [-0.25, -0.2) is 9.59 Å². The number of hydrogen-bond acceptors (Lipinski definition) is 5. The predicted molar refractivity (Wildman–Crippen MR) is 81.0 cm³/mol. The molecule has 0 saturated carbocycles. The topological polar surface area (TPSA) is 75.7 Å². The summed E-state index contributed by atoms with van der Waals surface area (Å²) in [5.74, 6) is -0.952. The summed E-state index contributed by atoms with van der Waals surface area (Å²) in [7, 11) is 0. The van der Waals surface area contributed by atoms with Crippen LogP contribution >= 0.6 is 11.3 Å². The van der Waals surface area contributed by atoms with E-state index in [1.165, 1.54) is 11.8 Å². The molecule has 0 bridgehead atoms. The van der Waals surface area contributed by atoms with E-state index in [2.05, 4.69) is 5.32 Å². The van der Waals surface area contributed by atoms with E-state index < -0.39 is 24.0 Å². The molecule has 7 heteroatoms. The molecule has 6 nitrogen and oxygen atoms in total. The number of rotatable bonds is 3. The van der Waals surface area contributed by atoms with E-state index in [-0.39, 0.29) is 0 Å². The zero-order valence-electron chi connectivity index (χ0n) is 12.4. The minimum atomic E-state index is -0.963. The van der Waals surface area contributed by atoms with Crippen LogP contribution in [-0.2, 0) is 22.4 Å². The lowest BCUT2D eigenvalue weighted by Gasteiger charge is -2.18. The van der Waals surface area contributed by atoms with Crippen LogP contribution in [-0.4, -0.2) is 42.0 Å². The lowest BCUT2D eigenvalue weighted by Crippen LogP contribution is -2.41. The molecule has 1 aliphatic heterocycles. The molecule has 0 spiro atoms. The Hall–Kier alpha value is -1.89. The first kappa shape index (κ1) is 15.0. The van der Waals surface area contributed by atoms with Crippen LogP contribution in [0.1, 0.15) is 40.6 Å². The molecule has 3 amide bonds. The number of amides is 3. The fourth-order valence-electron chi connectivity index (χ4n) is 2.84. The molecule has 22 heavy (non-hydrogen) atoms. The highest BCUT2D eigenvalue weighted by Gasteiger charge is 2.32. The Bertz CT molecular complexity index is 625. The minimum absolute atomic E-state index is 0.313. The predicted octanol–water partition coefficient (Wildman–Crippen LogP) is 1.72. The molecule has 0 aromatic carbocycles. The summed E-state index contributed by atoms with van der Waals surface area (Å²) in [6, 6.07) is -0.430. The van der Waals surface area contributed by atoms with Crippen molar-refractivity contribution in [2.45, 2.75) is 38.7 Å². The molecule has 2 heterocycles. The number of urea groups is 1. The lowest BCUT2D eigenvalue weighted by atomic mass is 9.96. The number of nitrogens with one attached hydrogen (secondary N) is 1. The number of aryl methyl sites for hydroxylation is 1. The van der Waals surface area contributed by atoms with E-state index in [1.807, 2.05) is 5.38 Å². The van der Waals surface area contributed by atoms with Gasteiger partial charge in [0.05, 0.1) is 5.56 Å². The van der Waals surface area contributed by atoms with Crippen LogP contribution < -0.4 is 5.32 Å². The average molecular weight is 322 g/mol. The highest BCUT2D eigenvalue weighted by atomic mass is 32.1. The van der Waals surface area contributed by atoms with Crippen molar-refractivity contribution in [3.63, 3.8) is 0 Å². The van der Waals surface area contributed by atoms with Gasteiger partial charge < -0.3 is 10.1 Å². The zero-order valence-corrected chi connectivity index (χ0v) is 13.2. The van der Waals surface area contributed by atoms with Gasteiger partial charge in [0.2, 0.25) is 0 Å². The molecular weight excluding hydrogens is 304 g/mol. The Labute approximate surface area is 132 Å². The summed E-state index contributed by atoms with van der Waals surface area (Å²) in [6.45, 7) is 2.25. The van der Waals surface area contributed by atoms with Crippen LogP contribution in [0.25, 0.3) is 0 Å². The Morgan fingerprint density at radius 1 is 1.36 bits per heavy atom. The highest BCUT2D eigenvalue weighted by molar-refractivity contribution is 7.10. The number of imide groups is 1. The minimum Gasteiger partial charge on any atom is -0.449 e. The second-order valence-corrected chi connectivity index (χ2v) is 6.49. The average Bonchev–Trinajstić information content (AvgIpc) is 3.12. The van der Waals surface area contributed by atoms with Gasteiger partial charge in [-0.3, -0.25) is 9.69 Å². The molecule has 1 fully saturated rings. The largest absolute Gasteiger partial charge is 0.449 e. The Morgan fingerprint density at radius 3 is 2.86 bits per heavy atom. The molecule has 2 aliphatic rings. The maximum Gasteiger partial charge on any atom is 0.340 e. The maximum atomic E-state index is 12.3. The van der Waals surface area contributed by atoms with Crippen LogP contribution in [0.15, 0.2) is 5.38 Å². The van der Waals surface area contributed by atoms with E-state index in [9.17, 15) is 14.4 Å². The van der Waals surface area contributed by atoms with Crippen molar-refractivity contribution in [1.82, 2.24) is 10.2 Å². The molecule has 0 radical (unpaired) electrons. The molecule has 1 aliphatic carbocycles. The van der Waals surface area contributed by atoms with E-state index in [1.54, 1.807) is 11.3 Å². The van der Waals surface area contributed by atoms with Crippen LogP contribution in [0, 0.1) is 0 Å². The third-order valence-electron chi connectivity index (χ3n) is 4.04. The van der Waals surface area contributed by atoms with Crippen molar-refractivity contribution < 1.29 is 19.1 Å².